The predicted molar refractivity (Wildman–Crippen MR) is 76.5 cm³/mol. The van der Waals surface area contributed by atoms with E-state index in [1.807, 2.05) is 12.1 Å². The number of aliphatic hydroxyl groups excluding tert-OH is 1. The maximum atomic E-state index is 11.2. The summed E-state index contributed by atoms with van der Waals surface area (Å²) in [5.74, 6) is -1.08. The Hall–Kier alpha value is -1.06. The highest BCUT2D eigenvalue weighted by Gasteiger charge is 2.17. The molecule has 1 aromatic carbocycles. The summed E-state index contributed by atoms with van der Waals surface area (Å²) in [6.45, 7) is 0.215. The minimum Gasteiger partial charge on any atom is -0.481 e. The van der Waals surface area contributed by atoms with E-state index in [-0.39, 0.29) is 12.5 Å². The molecule has 0 saturated heterocycles. The Labute approximate surface area is 119 Å². The fraction of sp³-hybridized carbons (Fsp3) is 0.533. The number of halogens is 1. The highest BCUT2D eigenvalue weighted by atomic mass is 35.5. The Morgan fingerprint density at radius 1 is 1.11 bits per heavy atom. The number of unbranched alkanes of at least 4 members (excludes halogenated alkanes) is 3. The molecule has 0 radical (unpaired) electrons. The summed E-state index contributed by atoms with van der Waals surface area (Å²) in [6.07, 6.45) is 4.87. The SMILES string of the molecule is O=C(O)C(CCCCCCO)Cc1ccc(Cl)cc1. The summed E-state index contributed by atoms with van der Waals surface area (Å²) in [6, 6.07) is 7.34. The van der Waals surface area contributed by atoms with Gasteiger partial charge in [0.25, 0.3) is 0 Å². The molecule has 0 heterocycles. The number of rotatable bonds is 9. The zero-order chi connectivity index (χ0) is 14.1. The lowest BCUT2D eigenvalue weighted by molar-refractivity contribution is -0.142. The first-order valence-corrected chi connectivity index (χ1v) is 7.09. The molecular formula is C15H21ClO3. The van der Waals surface area contributed by atoms with Crippen LogP contribution in [-0.4, -0.2) is 22.8 Å². The largest absolute Gasteiger partial charge is 0.481 e. The number of carboxylic acids is 1. The molecular weight excluding hydrogens is 264 g/mol. The van der Waals surface area contributed by atoms with Gasteiger partial charge in [0.15, 0.2) is 0 Å². The molecule has 0 fully saturated rings. The molecule has 0 aliphatic carbocycles. The lowest BCUT2D eigenvalue weighted by atomic mass is 9.93. The monoisotopic (exact) mass is 284 g/mol. The molecule has 1 aromatic rings. The second-order valence-electron chi connectivity index (χ2n) is 4.79. The zero-order valence-electron chi connectivity index (χ0n) is 11.0. The first-order chi connectivity index (χ1) is 9.13. The quantitative estimate of drug-likeness (QED) is 0.682. The van der Waals surface area contributed by atoms with Gasteiger partial charge in [-0.25, -0.2) is 0 Å². The number of benzene rings is 1. The van der Waals surface area contributed by atoms with Gasteiger partial charge in [-0.1, -0.05) is 43.0 Å². The Bertz CT molecular complexity index is 375. The minimum atomic E-state index is -0.739. The maximum Gasteiger partial charge on any atom is 0.306 e. The van der Waals surface area contributed by atoms with Gasteiger partial charge in [0.1, 0.15) is 0 Å². The van der Waals surface area contributed by atoms with Crippen LogP contribution in [0.1, 0.15) is 37.7 Å². The number of aliphatic hydroxyl groups is 1. The maximum absolute atomic E-state index is 11.2. The fourth-order valence-electron chi connectivity index (χ4n) is 2.07. The first kappa shape index (κ1) is 16.0. The molecule has 0 spiro atoms. The van der Waals surface area contributed by atoms with Crippen LogP contribution < -0.4 is 0 Å². The van der Waals surface area contributed by atoms with E-state index in [2.05, 4.69) is 0 Å². The number of hydrogen-bond acceptors (Lipinski definition) is 2. The molecule has 0 aromatic heterocycles. The van der Waals surface area contributed by atoms with E-state index in [9.17, 15) is 9.90 Å². The van der Waals surface area contributed by atoms with E-state index in [1.54, 1.807) is 12.1 Å². The van der Waals surface area contributed by atoms with Crippen molar-refractivity contribution in [1.82, 2.24) is 0 Å². The third kappa shape index (κ3) is 6.60. The van der Waals surface area contributed by atoms with Gasteiger partial charge in [-0.05, 0) is 37.0 Å². The Balaban J connectivity index is 2.40. The van der Waals surface area contributed by atoms with E-state index >= 15 is 0 Å². The van der Waals surface area contributed by atoms with Crippen molar-refractivity contribution in [2.75, 3.05) is 6.61 Å². The summed E-state index contributed by atoms with van der Waals surface area (Å²) in [7, 11) is 0. The third-order valence-electron chi connectivity index (χ3n) is 3.21. The standard InChI is InChI=1S/C15H21ClO3/c16-14-8-6-12(7-9-14)11-13(15(18)19)5-3-1-2-4-10-17/h6-9,13,17H,1-5,10-11H2,(H,18,19). The van der Waals surface area contributed by atoms with Gasteiger partial charge in [0, 0.05) is 11.6 Å². The zero-order valence-corrected chi connectivity index (χ0v) is 11.8. The van der Waals surface area contributed by atoms with Crippen LogP contribution in [0.4, 0.5) is 0 Å². The predicted octanol–water partition coefficient (Wildman–Crippen LogP) is 3.53. The molecule has 4 heteroatoms. The third-order valence-corrected chi connectivity index (χ3v) is 3.46. The Morgan fingerprint density at radius 3 is 2.32 bits per heavy atom. The number of hydrogen-bond donors (Lipinski definition) is 2. The number of aliphatic carboxylic acids is 1. The second kappa shape index (κ2) is 8.94. The molecule has 19 heavy (non-hydrogen) atoms. The van der Waals surface area contributed by atoms with Crippen LogP contribution in [-0.2, 0) is 11.2 Å². The van der Waals surface area contributed by atoms with E-state index in [0.29, 0.717) is 17.9 Å². The van der Waals surface area contributed by atoms with E-state index < -0.39 is 5.97 Å². The van der Waals surface area contributed by atoms with Crippen molar-refractivity contribution in [3.05, 3.63) is 34.9 Å². The van der Waals surface area contributed by atoms with Crippen molar-refractivity contribution in [1.29, 1.82) is 0 Å². The summed E-state index contributed by atoms with van der Waals surface area (Å²) >= 11 is 5.81. The van der Waals surface area contributed by atoms with Crippen LogP contribution in [0.25, 0.3) is 0 Å². The average Bonchev–Trinajstić information content (AvgIpc) is 2.39. The van der Waals surface area contributed by atoms with Crippen molar-refractivity contribution >= 4 is 17.6 Å². The summed E-state index contributed by atoms with van der Waals surface area (Å²) in [5.41, 5.74) is 1.01. The molecule has 106 valence electrons. The van der Waals surface area contributed by atoms with Gasteiger partial charge in [0.05, 0.1) is 5.92 Å². The highest BCUT2D eigenvalue weighted by molar-refractivity contribution is 6.30. The summed E-state index contributed by atoms with van der Waals surface area (Å²) < 4.78 is 0. The van der Waals surface area contributed by atoms with Crippen LogP contribution >= 0.6 is 11.6 Å². The van der Waals surface area contributed by atoms with Gasteiger partial charge in [-0.15, -0.1) is 0 Å². The topological polar surface area (TPSA) is 57.5 Å². The summed E-state index contributed by atoms with van der Waals surface area (Å²) in [5, 5.41) is 18.6. The van der Waals surface area contributed by atoms with Gasteiger partial charge < -0.3 is 10.2 Å². The average molecular weight is 285 g/mol. The lowest BCUT2D eigenvalue weighted by Crippen LogP contribution is -2.16. The van der Waals surface area contributed by atoms with Crippen molar-refractivity contribution in [3.8, 4) is 0 Å². The van der Waals surface area contributed by atoms with Crippen LogP contribution in [0, 0.1) is 5.92 Å². The Kier molecular flexibility index (Phi) is 7.53. The second-order valence-corrected chi connectivity index (χ2v) is 5.23. The van der Waals surface area contributed by atoms with Crippen molar-refractivity contribution < 1.29 is 15.0 Å². The van der Waals surface area contributed by atoms with Crippen LogP contribution in [0.5, 0.6) is 0 Å². The van der Waals surface area contributed by atoms with E-state index in [1.165, 1.54) is 0 Å². The van der Waals surface area contributed by atoms with Crippen molar-refractivity contribution in [3.63, 3.8) is 0 Å². The lowest BCUT2D eigenvalue weighted by Gasteiger charge is -2.12. The highest BCUT2D eigenvalue weighted by Crippen LogP contribution is 2.18. The molecule has 0 amide bonds. The molecule has 0 aliphatic rings. The molecule has 1 unspecified atom stereocenters. The Morgan fingerprint density at radius 2 is 1.74 bits per heavy atom. The minimum absolute atomic E-state index is 0.215. The molecule has 0 bridgehead atoms. The number of carboxylic acid groups (broad SMARTS) is 1. The van der Waals surface area contributed by atoms with Gasteiger partial charge >= 0.3 is 5.97 Å². The van der Waals surface area contributed by atoms with E-state index in [4.69, 9.17) is 16.7 Å². The fourth-order valence-corrected chi connectivity index (χ4v) is 2.20. The van der Waals surface area contributed by atoms with Crippen LogP contribution in [0.3, 0.4) is 0 Å². The molecule has 3 nitrogen and oxygen atoms in total. The molecule has 0 aliphatic heterocycles. The number of carbonyl (C=O) groups is 1. The summed E-state index contributed by atoms with van der Waals surface area (Å²) in [4.78, 5) is 11.2. The molecule has 2 N–H and O–H groups in total. The van der Waals surface area contributed by atoms with E-state index in [0.717, 1.165) is 31.2 Å². The smallest absolute Gasteiger partial charge is 0.306 e. The normalized spacial score (nSPS) is 12.3. The first-order valence-electron chi connectivity index (χ1n) is 6.71. The van der Waals surface area contributed by atoms with Crippen molar-refractivity contribution in [2.45, 2.75) is 38.5 Å². The molecule has 1 atom stereocenters. The molecule has 0 saturated carbocycles. The van der Waals surface area contributed by atoms with Gasteiger partial charge in [0.2, 0.25) is 0 Å². The molecule has 1 rings (SSSR count). The van der Waals surface area contributed by atoms with Gasteiger partial charge in [-0.2, -0.15) is 0 Å². The van der Waals surface area contributed by atoms with Gasteiger partial charge in [-0.3, -0.25) is 4.79 Å². The van der Waals surface area contributed by atoms with Crippen LogP contribution in [0.2, 0.25) is 5.02 Å². The van der Waals surface area contributed by atoms with Crippen molar-refractivity contribution in [2.24, 2.45) is 5.92 Å². The van der Waals surface area contributed by atoms with Crippen LogP contribution in [0.15, 0.2) is 24.3 Å².